The number of nitrogen functional groups attached to an aromatic ring is 1. The standard InChI is InChI=1S/C14H14INO/c15-11-7-5-10(6-8-11)9-14(17)12-3-1-2-4-13(12)16/h1-8,14,17H,9,16H2. The molecule has 3 N–H and O–H groups in total. The van der Waals surface area contributed by atoms with Gasteiger partial charge in [0.2, 0.25) is 0 Å². The van der Waals surface area contributed by atoms with Crippen LogP contribution >= 0.6 is 22.6 Å². The number of nitrogens with two attached hydrogens (primary N) is 1. The van der Waals surface area contributed by atoms with Gasteiger partial charge in [-0.2, -0.15) is 0 Å². The van der Waals surface area contributed by atoms with Gasteiger partial charge in [-0.3, -0.25) is 0 Å². The van der Waals surface area contributed by atoms with Crippen molar-refractivity contribution in [3.63, 3.8) is 0 Å². The van der Waals surface area contributed by atoms with Gasteiger partial charge in [-0.05, 0) is 46.4 Å². The van der Waals surface area contributed by atoms with Crippen molar-refractivity contribution in [3.05, 3.63) is 63.2 Å². The highest BCUT2D eigenvalue weighted by Gasteiger charge is 2.10. The average molecular weight is 339 g/mol. The van der Waals surface area contributed by atoms with Crippen LogP contribution in [-0.2, 0) is 6.42 Å². The molecule has 2 nitrogen and oxygen atoms in total. The summed E-state index contributed by atoms with van der Waals surface area (Å²) in [6.45, 7) is 0. The van der Waals surface area contributed by atoms with E-state index in [0.29, 0.717) is 12.1 Å². The molecule has 1 atom stereocenters. The van der Waals surface area contributed by atoms with Crippen molar-refractivity contribution in [2.75, 3.05) is 5.73 Å². The predicted molar refractivity (Wildman–Crippen MR) is 78.7 cm³/mol. The zero-order chi connectivity index (χ0) is 12.3. The molecule has 88 valence electrons. The Kier molecular flexibility index (Phi) is 4.02. The lowest BCUT2D eigenvalue weighted by molar-refractivity contribution is 0.179. The number of hydrogen-bond donors (Lipinski definition) is 2. The lowest BCUT2D eigenvalue weighted by Gasteiger charge is -2.13. The van der Waals surface area contributed by atoms with Gasteiger partial charge in [0.1, 0.15) is 0 Å². The molecule has 3 heteroatoms. The third-order valence-electron chi connectivity index (χ3n) is 2.70. The molecule has 0 aliphatic rings. The molecular weight excluding hydrogens is 325 g/mol. The summed E-state index contributed by atoms with van der Waals surface area (Å²) in [4.78, 5) is 0. The average Bonchev–Trinajstić information content (AvgIpc) is 2.32. The molecule has 0 amide bonds. The molecule has 0 saturated heterocycles. The zero-order valence-corrected chi connectivity index (χ0v) is 11.5. The highest BCUT2D eigenvalue weighted by atomic mass is 127. The molecule has 0 aliphatic carbocycles. The number of para-hydroxylation sites is 1. The summed E-state index contributed by atoms with van der Waals surface area (Å²) < 4.78 is 1.19. The van der Waals surface area contributed by atoms with Gasteiger partial charge in [0.15, 0.2) is 0 Å². The molecule has 1 unspecified atom stereocenters. The molecular formula is C14H14INO. The van der Waals surface area contributed by atoms with Crippen LogP contribution in [0, 0.1) is 3.57 Å². The molecule has 0 aromatic heterocycles. The van der Waals surface area contributed by atoms with E-state index in [9.17, 15) is 5.11 Å². The first kappa shape index (κ1) is 12.4. The zero-order valence-electron chi connectivity index (χ0n) is 9.31. The first-order chi connectivity index (χ1) is 8.16. The molecule has 0 saturated carbocycles. The van der Waals surface area contributed by atoms with Crippen molar-refractivity contribution in [2.24, 2.45) is 0 Å². The van der Waals surface area contributed by atoms with Gasteiger partial charge in [0.25, 0.3) is 0 Å². The van der Waals surface area contributed by atoms with Crippen LogP contribution in [0.3, 0.4) is 0 Å². The summed E-state index contributed by atoms with van der Waals surface area (Å²) in [7, 11) is 0. The van der Waals surface area contributed by atoms with Crippen LogP contribution in [0.25, 0.3) is 0 Å². The summed E-state index contributed by atoms with van der Waals surface area (Å²) >= 11 is 2.26. The molecule has 0 bridgehead atoms. The molecule has 2 aromatic rings. The van der Waals surface area contributed by atoms with E-state index < -0.39 is 6.10 Å². The van der Waals surface area contributed by atoms with Crippen LogP contribution in [0.1, 0.15) is 17.2 Å². The third kappa shape index (κ3) is 3.20. The van der Waals surface area contributed by atoms with Gasteiger partial charge < -0.3 is 10.8 Å². The Morgan fingerprint density at radius 2 is 1.71 bits per heavy atom. The number of rotatable bonds is 3. The Labute approximate surface area is 115 Å². The van der Waals surface area contributed by atoms with Gasteiger partial charge in [-0.1, -0.05) is 30.3 Å². The van der Waals surface area contributed by atoms with Crippen molar-refractivity contribution in [1.29, 1.82) is 0 Å². The van der Waals surface area contributed by atoms with Crippen molar-refractivity contribution in [1.82, 2.24) is 0 Å². The second kappa shape index (κ2) is 5.51. The van der Waals surface area contributed by atoms with Crippen LogP contribution < -0.4 is 5.73 Å². The van der Waals surface area contributed by atoms with Gasteiger partial charge >= 0.3 is 0 Å². The van der Waals surface area contributed by atoms with Crippen LogP contribution in [0.15, 0.2) is 48.5 Å². The Morgan fingerprint density at radius 1 is 1.06 bits per heavy atom. The Balaban J connectivity index is 2.14. The minimum atomic E-state index is -0.545. The van der Waals surface area contributed by atoms with Crippen LogP contribution in [0.2, 0.25) is 0 Å². The second-order valence-electron chi connectivity index (χ2n) is 3.98. The Bertz CT molecular complexity index is 496. The fraction of sp³-hybridized carbons (Fsp3) is 0.143. The maximum absolute atomic E-state index is 10.1. The van der Waals surface area contributed by atoms with Crippen molar-refractivity contribution in [2.45, 2.75) is 12.5 Å². The van der Waals surface area contributed by atoms with E-state index in [2.05, 4.69) is 22.6 Å². The van der Waals surface area contributed by atoms with E-state index in [1.807, 2.05) is 48.5 Å². The first-order valence-corrected chi connectivity index (χ1v) is 6.51. The number of aliphatic hydroxyl groups is 1. The number of hydrogen-bond acceptors (Lipinski definition) is 2. The number of aliphatic hydroxyl groups excluding tert-OH is 1. The molecule has 0 fully saturated rings. The van der Waals surface area contributed by atoms with E-state index in [0.717, 1.165) is 11.1 Å². The minimum absolute atomic E-state index is 0.545. The minimum Gasteiger partial charge on any atom is -0.398 e. The Morgan fingerprint density at radius 3 is 2.35 bits per heavy atom. The van der Waals surface area contributed by atoms with Crippen molar-refractivity contribution >= 4 is 28.3 Å². The smallest absolute Gasteiger partial charge is 0.0850 e. The summed E-state index contributed by atoms with van der Waals surface area (Å²) in [6, 6.07) is 15.6. The number of anilines is 1. The highest BCUT2D eigenvalue weighted by molar-refractivity contribution is 14.1. The fourth-order valence-electron chi connectivity index (χ4n) is 1.77. The van der Waals surface area contributed by atoms with E-state index >= 15 is 0 Å². The second-order valence-corrected chi connectivity index (χ2v) is 5.22. The summed E-state index contributed by atoms with van der Waals surface area (Å²) in [5, 5.41) is 10.1. The lowest BCUT2D eigenvalue weighted by Crippen LogP contribution is -2.05. The highest BCUT2D eigenvalue weighted by Crippen LogP contribution is 2.23. The van der Waals surface area contributed by atoms with E-state index in [4.69, 9.17) is 5.73 Å². The number of halogens is 1. The van der Waals surface area contributed by atoms with Crippen molar-refractivity contribution < 1.29 is 5.11 Å². The Hall–Kier alpha value is -1.07. The molecule has 2 rings (SSSR count). The van der Waals surface area contributed by atoms with E-state index in [1.54, 1.807) is 0 Å². The summed E-state index contributed by atoms with van der Waals surface area (Å²) in [5.41, 5.74) is 8.39. The van der Waals surface area contributed by atoms with Gasteiger partial charge in [0.05, 0.1) is 6.10 Å². The van der Waals surface area contributed by atoms with Crippen LogP contribution in [0.5, 0.6) is 0 Å². The van der Waals surface area contributed by atoms with Crippen molar-refractivity contribution in [3.8, 4) is 0 Å². The SMILES string of the molecule is Nc1ccccc1C(O)Cc1ccc(I)cc1. The summed E-state index contributed by atoms with van der Waals surface area (Å²) in [6.07, 6.45) is 0.0433. The largest absolute Gasteiger partial charge is 0.398 e. The normalized spacial score (nSPS) is 12.4. The first-order valence-electron chi connectivity index (χ1n) is 5.44. The monoisotopic (exact) mass is 339 g/mol. The maximum Gasteiger partial charge on any atom is 0.0850 e. The molecule has 17 heavy (non-hydrogen) atoms. The van der Waals surface area contributed by atoms with Gasteiger partial charge in [-0.25, -0.2) is 0 Å². The van der Waals surface area contributed by atoms with Crippen LogP contribution in [-0.4, -0.2) is 5.11 Å². The lowest BCUT2D eigenvalue weighted by atomic mass is 10.0. The molecule has 0 radical (unpaired) electrons. The van der Waals surface area contributed by atoms with Gasteiger partial charge in [0, 0.05) is 21.2 Å². The van der Waals surface area contributed by atoms with Crippen LogP contribution in [0.4, 0.5) is 5.69 Å². The van der Waals surface area contributed by atoms with E-state index in [-0.39, 0.29) is 0 Å². The molecule has 0 heterocycles. The number of benzene rings is 2. The third-order valence-corrected chi connectivity index (χ3v) is 3.42. The predicted octanol–water partition coefficient (Wildman–Crippen LogP) is 3.15. The molecule has 2 aromatic carbocycles. The topological polar surface area (TPSA) is 46.2 Å². The molecule has 0 spiro atoms. The maximum atomic E-state index is 10.1. The van der Waals surface area contributed by atoms with Gasteiger partial charge in [-0.15, -0.1) is 0 Å². The van der Waals surface area contributed by atoms with E-state index in [1.165, 1.54) is 3.57 Å². The fourth-order valence-corrected chi connectivity index (χ4v) is 2.13. The molecule has 0 aliphatic heterocycles. The quantitative estimate of drug-likeness (QED) is 0.667. The summed E-state index contributed by atoms with van der Waals surface area (Å²) in [5.74, 6) is 0.